The number of allylic oxidation sites excluding steroid dienone is 1. The predicted octanol–water partition coefficient (Wildman–Crippen LogP) is 7.12. The standard InChI is InChI=1S/C49H64N8O5S/c1-10-42(58)55-24-20-33(28-55)47(60)54(8)44(30(3)4)46(59)52-38-26-41-51-39(29-63-41)32-18-19-40-36(25-32)37(45(56(40)11-2)35-17-13-22-50-43(35)31(5)62-9)27-49(6,7)21-12-15-34-16-14-23-57(53-34)48(38)61/h10,12-13,15,17-19,22,25,29-31,33-34,38,44,53H,1,11,14,16,20-21,23-24,26-28H2,2-9H3,(H,52,59)/b15-12+/t31?,33?,34-,38?,44?/m1/s1. The smallest absolute Gasteiger partial charge is 0.259 e. The van der Waals surface area contributed by atoms with E-state index >= 15 is 0 Å². The highest BCUT2D eigenvalue weighted by Crippen LogP contribution is 2.42. The molecule has 0 aliphatic carbocycles. The first kappa shape index (κ1) is 45.8. The first-order chi connectivity index (χ1) is 30.1. The number of nitrogens with one attached hydrogen (secondary N) is 2. The second kappa shape index (κ2) is 19.3. The van der Waals surface area contributed by atoms with Gasteiger partial charge in [-0.05, 0) is 93.2 Å². The lowest BCUT2D eigenvalue weighted by Gasteiger charge is -2.36. The Labute approximate surface area is 375 Å². The van der Waals surface area contributed by atoms with Gasteiger partial charge in [0.1, 0.15) is 12.1 Å². The Balaban J connectivity index is 1.26. The minimum absolute atomic E-state index is 0.0695. The van der Waals surface area contributed by atoms with E-state index in [1.807, 2.05) is 38.4 Å². The number of amides is 4. The first-order valence-corrected chi connectivity index (χ1v) is 23.3. The number of hydrogen-bond donors (Lipinski definition) is 2. The van der Waals surface area contributed by atoms with Crippen molar-refractivity contribution >= 4 is 45.9 Å². The molecular weight excluding hydrogens is 813 g/mol. The van der Waals surface area contributed by atoms with E-state index in [1.165, 1.54) is 27.9 Å². The van der Waals surface area contributed by atoms with Crippen molar-refractivity contribution in [3.8, 4) is 22.5 Å². The van der Waals surface area contributed by atoms with Crippen LogP contribution in [0.2, 0.25) is 0 Å². The minimum Gasteiger partial charge on any atom is -0.375 e. The molecule has 0 spiro atoms. The van der Waals surface area contributed by atoms with Gasteiger partial charge in [-0.3, -0.25) is 29.2 Å². The van der Waals surface area contributed by atoms with E-state index in [-0.39, 0.29) is 54.2 Å². The van der Waals surface area contributed by atoms with Crippen LogP contribution in [0.15, 0.2) is 66.7 Å². The molecule has 4 amide bonds. The van der Waals surface area contributed by atoms with Gasteiger partial charge in [0.2, 0.25) is 17.7 Å². The van der Waals surface area contributed by atoms with E-state index in [9.17, 15) is 19.2 Å². The van der Waals surface area contributed by atoms with Crippen LogP contribution in [0.4, 0.5) is 0 Å². The predicted molar refractivity (Wildman–Crippen MR) is 248 cm³/mol. The molecule has 2 saturated heterocycles. The Kier molecular flexibility index (Phi) is 14.0. The van der Waals surface area contributed by atoms with Gasteiger partial charge in [-0.1, -0.05) is 52.5 Å². The SMILES string of the molecule is C=CC(=O)N1CCC(C(=O)N(C)C(C(=O)NC2Cc3nc(cs3)-c3ccc4c(c3)c(c(-c3cccnc3C(C)OC)n4CC)CC(C)(C)C/C=C/[C@@H]3CCCN(N3)C2=O)C(C)C)C1. The van der Waals surface area contributed by atoms with E-state index in [0.29, 0.717) is 24.5 Å². The molecule has 4 aromatic rings. The molecule has 3 aliphatic heterocycles. The summed E-state index contributed by atoms with van der Waals surface area (Å²) in [5, 5.41) is 8.66. The lowest BCUT2D eigenvalue weighted by Crippen LogP contribution is -2.61. The van der Waals surface area contributed by atoms with Crippen LogP contribution >= 0.6 is 11.3 Å². The number of likely N-dealkylation sites (N-methyl/N-ethyl adjacent to an activating group) is 1. The number of ether oxygens (including phenoxy) is 1. The van der Waals surface area contributed by atoms with E-state index in [1.54, 1.807) is 24.1 Å². The number of methoxy groups -OCH3 is 1. The van der Waals surface area contributed by atoms with E-state index in [4.69, 9.17) is 14.7 Å². The molecule has 14 heteroatoms. The molecule has 4 unspecified atom stereocenters. The molecular formula is C49H64N8O5S. The number of aromatic nitrogens is 3. The largest absolute Gasteiger partial charge is 0.375 e. The lowest BCUT2D eigenvalue weighted by atomic mass is 9.80. The third-order valence-corrected chi connectivity index (χ3v) is 13.9. The number of hydrazine groups is 1. The Morgan fingerprint density at radius 1 is 1.16 bits per heavy atom. The quantitative estimate of drug-likeness (QED) is 0.127. The van der Waals surface area contributed by atoms with Gasteiger partial charge in [0.15, 0.2) is 0 Å². The van der Waals surface area contributed by atoms with Crippen molar-refractivity contribution in [2.24, 2.45) is 17.3 Å². The number of aryl methyl sites for hydroxylation is 1. The number of carbonyl (C=O) groups excluding carboxylic acids is 4. The highest BCUT2D eigenvalue weighted by molar-refractivity contribution is 7.10. The Morgan fingerprint density at radius 3 is 2.68 bits per heavy atom. The number of hydrogen-bond acceptors (Lipinski definition) is 9. The van der Waals surface area contributed by atoms with Crippen LogP contribution in [-0.4, -0.2) is 105 Å². The molecule has 3 aromatic heterocycles. The Morgan fingerprint density at radius 2 is 1.95 bits per heavy atom. The van der Waals surface area contributed by atoms with Gasteiger partial charge in [0.05, 0.1) is 34.1 Å². The van der Waals surface area contributed by atoms with Crippen LogP contribution in [-0.2, 0) is 43.3 Å². The van der Waals surface area contributed by atoms with Crippen LogP contribution in [0.5, 0.6) is 0 Å². The van der Waals surface area contributed by atoms with E-state index < -0.39 is 23.9 Å². The van der Waals surface area contributed by atoms with Crippen molar-refractivity contribution in [1.82, 2.24) is 40.1 Å². The van der Waals surface area contributed by atoms with Gasteiger partial charge < -0.3 is 24.4 Å². The summed E-state index contributed by atoms with van der Waals surface area (Å²) in [6, 6.07) is 8.87. The van der Waals surface area contributed by atoms with Crippen molar-refractivity contribution in [2.75, 3.05) is 33.8 Å². The first-order valence-electron chi connectivity index (χ1n) is 22.4. The summed E-state index contributed by atoms with van der Waals surface area (Å²) in [6.45, 7) is 18.2. The van der Waals surface area contributed by atoms with E-state index in [0.717, 1.165) is 71.3 Å². The highest BCUT2D eigenvalue weighted by atomic mass is 32.1. The molecule has 5 atom stereocenters. The summed E-state index contributed by atoms with van der Waals surface area (Å²) in [5.41, 5.74) is 10.6. The number of pyridine rings is 1. The van der Waals surface area contributed by atoms with Crippen LogP contribution in [0.25, 0.3) is 33.4 Å². The summed E-state index contributed by atoms with van der Waals surface area (Å²) in [7, 11) is 3.36. The minimum atomic E-state index is -0.945. The molecule has 6 heterocycles. The normalized spacial score (nSPS) is 21.8. The molecule has 63 heavy (non-hydrogen) atoms. The maximum atomic E-state index is 14.6. The van der Waals surface area contributed by atoms with Crippen molar-refractivity contribution < 1.29 is 23.9 Å². The number of carbonyl (C=O) groups is 4. The van der Waals surface area contributed by atoms with Gasteiger partial charge in [-0.25, -0.2) is 10.4 Å². The zero-order valence-corrected chi connectivity index (χ0v) is 39.0. The highest BCUT2D eigenvalue weighted by Gasteiger charge is 2.39. The molecule has 0 radical (unpaired) electrons. The maximum Gasteiger partial charge on any atom is 0.259 e. The Hall–Kier alpha value is -5.18. The molecule has 1 aromatic carbocycles. The number of likely N-dealkylation sites (tertiary alicyclic amines) is 1. The monoisotopic (exact) mass is 876 g/mol. The summed E-state index contributed by atoms with van der Waals surface area (Å²) in [6.07, 6.45) is 11.3. The molecule has 3 aliphatic rings. The van der Waals surface area contributed by atoms with Crippen LogP contribution in [0.3, 0.4) is 0 Å². The second-order valence-corrected chi connectivity index (χ2v) is 19.4. The maximum absolute atomic E-state index is 14.6. The number of rotatable bonds is 10. The third-order valence-electron chi connectivity index (χ3n) is 13.0. The van der Waals surface area contributed by atoms with Gasteiger partial charge in [-0.15, -0.1) is 11.3 Å². The fourth-order valence-electron chi connectivity index (χ4n) is 9.66. The zero-order valence-electron chi connectivity index (χ0n) is 38.1. The van der Waals surface area contributed by atoms with Gasteiger partial charge in [0, 0.05) is 86.4 Å². The van der Waals surface area contributed by atoms with Crippen molar-refractivity contribution in [3.05, 3.63) is 83.0 Å². The van der Waals surface area contributed by atoms with Gasteiger partial charge in [0.25, 0.3) is 5.91 Å². The number of thiazole rings is 1. The fraction of sp³-hybridized carbons (Fsp3) is 0.510. The molecule has 2 fully saturated rings. The molecule has 336 valence electrons. The fourth-order valence-corrected chi connectivity index (χ4v) is 10.5. The summed E-state index contributed by atoms with van der Waals surface area (Å²) in [5.74, 6) is -1.75. The van der Waals surface area contributed by atoms with Crippen molar-refractivity contribution in [3.63, 3.8) is 0 Å². The summed E-state index contributed by atoms with van der Waals surface area (Å²) in [4.78, 5) is 68.2. The third kappa shape index (κ3) is 9.68. The summed E-state index contributed by atoms with van der Waals surface area (Å²) >= 11 is 1.47. The van der Waals surface area contributed by atoms with Crippen LogP contribution in [0, 0.1) is 17.3 Å². The molecule has 2 N–H and O–H groups in total. The topological polar surface area (TPSA) is 142 Å². The molecule has 0 saturated carbocycles. The Bertz CT molecular complexity index is 2380. The van der Waals surface area contributed by atoms with Crippen LogP contribution < -0.4 is 10.7 Å². The second-order valence-electron chi connectivity index (χ2n) is 18.5. The van der Waals surface area contributed by atoms with E-state index in [2.05, 4.69) is 79.1 Å². The number of fused-ring (bicyclic) bond motifs is 6. The molecule has 13 nitrogen and oxygen atoms in total. The van der Waals surface area contributed by atoms with Crippen LogP contribution in [0.1, 0.15) is 89.6 Å². The zero-order chi connectivity index (χ0) is 45.2. The van der Waals surface area contributed by atoms with Gasteiger partial charge >= 0.3 is 0 Å². The van der Waals surface area contributed by atoms with Gasteiger partial charge in [-0.2, -0.15) is 0 Å². The van der Waals surface area contributed by atoms with Crippen molar-refractivity contribution in [1.29, 1.82) is 0 Å². The lowest BCUT2D eigenvalue weighted by molar-refractivity contribution is -0.146. The number of nitrogens with zero attached hydrogens (tertiary/aromatic N) is 6. The average molecular weight is 877 g/mol. The molecule has 7 rings (SSSR count). The number of benzene rings is 1. The molecule has 6 bridgehead atoms. The average Bonchev–Trinajstić information content (AvgIpc) is 4.03. The summed E-state index contributed by atoms with van der Waals surface area (Å²) < 4.78 is 8.24. The van der Waals surface area contributed by atoms with Crippen molar-refractivity contribution in [2.45, 2.75) is 111 Å².